The monoisotopic (exact) mass is 251 g/mol. The minimum atomic E-state index is -0.348. The predicted molar refractivity (Wildman–Crippen MR) is 71.0 cm³/mol. The van der Waals surface area contributed by atoms with Crippen molar-refractivity contribution in [3.05, 3.63) is 0 Å². The van der Waals surface area contributed by atoms with Gasteiger partial charge in [-0.1, -0.05) is 6.42 Å². The standard InChI is InChI=1S/C14H25N3O/c1-10(15)14(18)17-6-4-16(5-7-17)13-9-11-2-3-12(13)8-11/h10-13H,2-9,15H2,1H3. The second-order valence-electron chi connectivity index (χ2n) is 6.39. The third-order valence-electron chi connectivity index (χ3n) is 5.19. The van der Waals surface area contributed by atoms with Crippen LogP contribution in [0.25, 0.3) is 0 Å². The Morgan fingerprint density at radius 1 is 1.17 bits per heavy atom. The molecule has 1 saturated heterocycles. The first-order valence-electron chi connectivity index (χ1n) is 7.43. The lowest BCUT2D eigenvalue weighted by Gasteiger charge is -2.41. The Hall–Kier alpha value is -0.610. The topological polar surface area (TPSA) is 49.6 Å². The second-order valence-corrected chi connectivity index (χ2v) is 6.39. The number of amides is 1. The van der Waals surface area contributed by atoms with Gasteiger partial charge < -0.3 is 10.6 Å². The highest BCUT2D eigenvalue weighted by molar-refractivity contribution is 5.81. The number of piperazine rings is 1. The number of carbonyl (C=O) groups is 1. The zero-order valence-corrected chi connectivity index (χ0v) is 11.3. The summed E-state index contributed by atoms with van der Waals surface area (Å²) >= 11 is 0. The third-order valence-corrected chi connectivity index (χ3v) is 5.19. The van der Waals surface area contributed by atoms with Gasteiger partial charge in [-0.15, -0.1) is 0 Å². The molecule has 2 saturated carbocycles. The van der Waals surface area contributed by atoms with Crippen molar-refractivity contribution >= 4 is 5.91 Å². The van der Waals surface area contributed by atoms with Gasteiger partial charge in [-0.3, -0.25) is 9.69 Å². The number of hydrogen-bond donors (Lipinski definition) is 1. The number of fused-ring (bicyclic) bond motifs is 2. The summed E-state index contributed by atoms with van der Waals surface area (Å²) in [6.45, 7) is 5.62. The molecule has 1 aliphatic heterocycles. The Balaban J connectivity index is 1.53. The summed E-state index contributed by atoms with van der Waals surface area (Å²) in [5.41, 5.74) is 5.67. The van der Waals surface area contributed by atoms with Gasteiger partial charge in [0.25, 0.3) is 0 Å². The molecule has 2 N–H and O–H groups in total. The SMILES string of the molecule is CC(N)C(=O)N1CCN(C2CC3CCC2C3)CC1. The largest absolute Gasteiger partial charge is 0.339 e. The van der Waals surface area contributed by atoms with Crippen LogP contribution in [0.4, 0.5) is 0 Å². The molecule has 1 heterocycles. The molecule has 0 radical (unpaired) electrons. The van der Waals surface area contributed by atoms with Crippen LogP contribution in [0.5, 0.6) is 0 Å². The summed E-state index contributed by atoms with van der Waals surface area (Å²) in [4.78, 5) is 16.4. The predicted octanol–water partition coefficient (Wildman–Crippen LogP) is 0.666. The van der Waals surface area contributed by atoms with E-state index in [9.17, 15) is 4.79 Å². The van der Waals surface area contributed by atoms with E-state index < -0.39 is 0 Å². The number of nitrogens with two attached hydrogens (primary N) is 1. The van der Waals surface area contributed by atoms with Crippen LogP contribution in [-0.4, -0.2) is 54.0 Å². The van der Waals surface area contributed by atoms with Crippen molar-refractivity contribution in [3.63, 3.8) is 0 Å². The Morgan fingerprint density at radius 3 is 2.39 bits per heavy atom. The molecule has 3 aliphatic rings. The highest BCUT2D eigenvalue weighted by Gasteiger charge is 2.42. The molecule has 18 heavy (non-hydrogen) atoms. The molecule has 3 fully saturated rings. The van der Waals surface area contributed by atoms with Crippen molar-refractivity contribution in [2.24, 2.45) is 17.6 Å². The molecule has 102 valence electrons. The van der Waals surface area contributed by atoms with Gasteiger partial charge in [0.1, 0.15) is 0 Å². The van der Waals surface area contributed by atoms with E-state index in [0.29, 0.717) is 0 Å². The molecule has 2 aliphatic carbocycles. The average molecular weight is 251 g/mol. The van der Waals surface area contributed by atoms with E-state index >= 15 is 0 Å². The second kappa shape index (κ2) is 4.82. The Kier molecular flexibility index (Phi) is 3.32. The fraction of sp³-hybridized carbons (Fsp3) is 0.929. The molecule has 0 spiro atoms. The van der Waals surface area contributed by atoms with Gasteiger partial charge in [-0.05, 0) is 38.0 Å². The Bertz CT molecular complexity index is 323. The van der Waals surface area contributed by atoms with Crippen molar-refractivity contribution in [1.29, 1.82) is 0 Å². The van der Waals surface area contributed by atoms with Crippen LogP contribution in [-0.2, 0) is 4.79 Å². The van der Waals surface area contributed by atoms with Crippen LogP contribution in [0.15, 0.2) is 0 Å². The molecule has 4 nitrogen and oxygen atoms in total. The maximum absolute atomic E-state index is 11.8. The highest BCUT2D eigenvalue weighted by Crippen LogP contribution is 2.46. The van der Waals surface area contributed by atoms with Gasteiger partial charge in [0.2, 0.25) is 5.91 Å². The minimum absolute atomic E-state index is 0.114. The summed E-state index contributed by atoms with van der Waals surface area (Å²) in [6.07, 6.45) is 5.77. The summed E-state index contributed by atoms with van der Waals surface area (Å²) in [5, 5.41) is 0. The third kappa shape index (κ3) is 2.16. The van der Waals surface area contributed by atoms with Gasteiger partial charge in [-0.25, -0.2) is 0 Å². The van der Waals surface area contributed by atoms with Crippen LogP contribution in [0, 0.1) is 11.8 Å². The first-order chi connectivity index (χ1) is 8.65. The molecular formula is C14H25N3O. The Labute approximate surface area is 109 Å². The molecule has 1 amide bonds. The van der Waals surface area contributed by atoms with E-state index in [1.165, 1.54) is 25.7 Å². The fourth-order valence-corrected chi connectivity index (χ4v) is 4.22. The van der Waals surface area contributed by atoms with Crippen LogP contribution in [0.3, 0.4) is 0 Å². The van der Waals surface area contributed by atoms with Crippen LogP contribution < -0.4 is 5.73 Å². The van der Waals surface area contributed by atoms with Gasteiger partial charge in [0.15, 0.2) is 0 Å². The van der Waals surface area contributed by atoms with Crippen molar-refractivity contribution in [1.82, 2.24) is 9.80 Å². The minimum Gasteiger partial charge on any atom is -0.339 e. The first kappa shape index (κ1) is 12.4. The lowest BCUT2D eigenvalue weighted by Crippen LogP contribution is -2.55. The summed E-state index contributed by atoms with van der Waals surface area (Å²) in [5.74, 6) is 2.07. The summed E-state index contributed by atoms with van der Waals surface area (Å²) in [7, 11) is 0. The quantitative estimate of drug-likeness (QED) is 0.784. The van der Waals surface area contributed by atoms with Crippen LogP contribution in [0.1, 0.15) is 32.6 Å². The van der Waals surface area contributed by atoms with Crippen molar-refractivity contribution in [2.45, 2.75) is 44.7 Å². The van der Waals surface area contributed by atoms with Crippen molar-refractivity contribution in [2.75, 3.05) is 26.2 Å². The van der Waals surface area contributed by atoms with E-state index in [4.69, 9.17) is 5.73 Å². The van der Waals surface area contributed by atoms with Crippen molar-refractivity contribution in [3.8, 4) is 0 Å². The van der Waals surface area contributed by atoms with Gasteiger partial charge in [-0.2, -0.15) is 0 Å². The average Bonchev–Trinajstić information content (AvgIpc) is 3.00. The molecule has 3 rings (SSSR count). The van der Waals surface area contributed by atoms with E-state index in [1.807, 2.05) is 4.90 Å². The highest BCUT2D eigenvalue weighted by atomic mass is 16.2. The molecule has 0 aromatic heterocycles. The number of hydrogen-bond acceptors (Lipinski definition) is 3. The van der Waals surface area contributed by atoms with Gasteiger partial charge in [0.05, 0.1) is 6.04 Å². The van der Waals surface area contributed by atoms with Gasteiger partial charge in [0, 0.05) is 32.2 Å². The van der Waals surface area contributed by atoms with Crippen molar-refractivity contribution < 1.29 is 4.79 Å². The Morgan fingerprint density at radius 2 is 1.89 bits per heavy atom. The van der Waals surface area contributed by atoms with Crippen LogP contribution >= 0.6 is 0 Å². The normalized spacial score (nSPS) is 38.1. The fourth-order valence-electron chi connectivity index (χ4n) is 4.22. The summed E-state index contributed by atoms with van der Waals surface area (Å²) < 4.78 is 0. The number of nitrogens with zero attached hydrogens (tertiary/aromatic N) is 2. The molecule has 2 bridgehead atoms. The van der Waals surface area contributed by atoms with E-state index in [0.717, 1.165) is 44.1 Å². The molecular weight excluding hydrogens is 226 g/mol. The number of rotatable bonds is 2. The number of carbonyl (C=O) groups excluding carboxylic acids is 1. The van der Waals surface area contributed by atoms with Gasteiger partial charge >= 0.3 is 0 Å². The maximum Gasteiger partial charge on any atom is 0.239 e. The maximum atomic E-state index is 11.8. The molecule has 4 atom stereocenters. The smallest absolute Gasteiger partial charge is 0.239 e. The lowest BCUT2D eigenvalue weighted by molar-refractivity contribution is -0.134. The molecule has 4 unspecified atom stereocenters. The molecule has 0 aromatic carbocycles. The van der Waals surface area contributed by atoms with E-state index in [1.54, 1.807) is 6.92 Å². The molecule has 0 aromatic rings. The zero-order chi connectivity index (χ0) is 12.7. The summed E-state index contributed by atoms with van der Waals surface area (Å²) in [6, 6.07) is 0.468. The lowest BCUT2D eigenvalue weighted by atomic mass is 9.93. The first-order valence-corrected chi connectivity index (χ1v) is 7.43. The van der Waals surface area contributed by atoms with E-state index in [2.05, 4.69) is 4.90 Å². The van der Waals surface area contributed by atoms with E-state index in [-0.39, 0.29) is 11.9 Å². The van der Waals surface area contributed by atoms with Crippen LogP contribution in [0.2, 0.25) is 0 Å². The zero-order valence-electron chi connectivity index (χ0n) is 11.3. The molecule has 4 heteroatoms.